The van der Waals surface area contributed by atoms with E-state index in [1.807, 2.05) is 0 Å². The van der Waals surface area contributed by atoms with Gasteiger partial charge in [0.25, 0.3) is 0 Å². The highest BCUT2D eigenvalue weighted by Gasteiger charge is 2.28. The van der Waals surface area contributed by atoms with E-state index in [9.17, 15) is 0 Å². The number of hydrogen-bond acceptors (Lipinski definition) is 7. The zero-order valence-electron chi connectivity index (χ0n) is 12.4. The van der Waals surface area contributed by atoms with E-state index in [1.165, 1.54) is 12.8 Å². The van der Waals surface area contributed by atoms with Crippen LogP contribution in [-0.2, 0) is 24.4 Å². The molecule has 2 aromatic rings. The molecule has 1 saturated carbocycles. The van der Waals surface area contributed by atoms with Gasteiger partial charge in [-0.3, -0.25) is 4.90 Å². The maximum absolute atomic E-state index is 5.38. The van der Waals surface area contributed by atoms with Crippen molar-refractivity contribution in [2.75, 3.05) is 13.7 Å². The second-order valence-corrected chi connectivity index (χ2v) is 5.34. The average Bonchev–Trinajstić information content (AvgIpc) is 3.08. The zero-order valence-corrected chi connectivity index (χ0v) is 12.4. The summed E-state index contributed by atoms with van der Waals surface area (Å²) < 4.78 is 15.6. The molecule has 0 spiro atoms. The van der Waals surface area contributed by atoms with Gasteiger partial charge in [-0.2, -0.15) is 4.98 Å². The molecule has 0 aliphatic heterocycles. The van der Waals surface area contributed by atoms with E-state index in [0.717, 1.165) is 18.0 Å². The first-order chi connectivity index (χ1) is 10.3. The Morgan fingerprint density at radius 3 is 2.86 bits per heavy atom. The summed E-state index contributed by atoms with van der Waals surface area (Å²) in [7, 11) is 1.61. The van der Waals surface area contributed by atoms with Crippen molar-refractivity contribution in [2.24, 2.45) is 0 Å². The van der Waals surface area contributed by atoms with E-state index >= 15 is 0 Å². The molecule has 2 heterocycles. The van der Waals surface area contributed by atoms with Crippen molar-refractivity contribution in [3.8, 4) is 0 Å². The highest BCUT2D eigenvalue weighted by molar-refractivity contribution is 5.14. The second-order valence-electron chi connectivity index (χ2n) is 5.34. The molecule has 0 bridgehead atoms. The van der Waals surface area contributed by atoms with Gasteiger partial charge in [0.2, 0.25) is 5.89 Å². The lowest BCUT2D eigenvalue weighted by Gasteiger charge is -2.15. The lowest BCUT2D eigenvalue weighted by Crippen LogP contribution is -2.22. The molecule has 7 heteroatoms. The molecule has 0 N–H and O–H groups in total. The van der Waals surface area contributed by atoms with Crippen molar-refractivity contribution < 1.29 is 13.8 Å². The minimum atomic E-state index is 0.365. The first-order valence-electron chi connectivity index (χ1n) is 7.26. The van der Waals surface area contributed by atoms with E-state index in [1.54, 1.807) is 7.11 Å². The van der Waals surface area contributed by atoms with Crippen molar-refractivity contribution >= 4 is 0 Å². The van der Waals surface area contributed by atoms with Gasteiger partial charge >= 0.3 is 0 Å². The Morgan fingerprint density at radius 2 is 2.14 bits per heavy atom. The monoisotopic (exact) mass is 292 g/mol. The standard InChI is InChI=1S/C14H20N4O3/c1-3-18(8-14-15-13(9-19-2)17-21-14)7-11-6-12(20-16-11)10-4-5-10/h6,10H,3-5,7-9H2,1-2H3. The van der Waals surface area contributed by atoms with Crippen LogP contribution in [0.4, 0.5) is 0 Å². The Labute approximate surface area is 123 Å². The summed E-state index contributed by atoms with van der Waals surface area (Å²) in [4.78, 5) is 6.46. The molecule has 0 amide bonds. The molecular formula is C14H20N4O3. The number of rotatable bonds is 8. The molecule has 114 valence electrons. The van der Waals surface area contributed by atoms with E-state index in [2.05, 4.69) is 33.2 Å². The molecule has 1 aliphatic carbocycles. The van der Waals surface area contributed by atoms with E-state index < -0.39 is 0 Å². The summed E-state index contributed by atoms with van der Waals surface area (Å²) in [5, 5.41) is 8.00. The van der Waals surface area contributed by atoms with Crippen molar-refractivity contribution in [1.29, 1.82) is 0 Å². The maximum atomic E-state index is 5.38. The molecule has 7 nitrogen and oxygen atoms in total. The Morgan fingerprint density at radius 1 is 1.29 bits per heavy atom. The molecule has 21 heavy (non-hydrogen) atoms. The summed E-state index contributed by atoms with van der Waals surface area (Å²) in [6, 6.07) is 2.06. The molecule has 0 radical (unpaired) electrons. The van der Waals surface area contributed by atoms with Crippen LogP contribution in [0.1, 0.15) is 48.9 Å². The Bertz CT molecular complexity index is 576. The number of methoxy groups -OCH3 is 1. The molecular weight excluding hydrogens is 272 g/mol. The summed E-state index contributed by atoms with van der Waals surface area (Å²) in [6.45, 7) is 4.64. The van der Waals surface area contributed by atoms with Crippen molar-refractivity contribution in [2.45, 2.75) is 45.4 Å². The molecule has 0 saturated heterocycles. The predicted octanol–water partition coefficient (Wildman–Crippen LogP) is 2.10. The third-order valence-electron chi connectivity index (χ3n) is 3.53. The number of hydrogen-bond donors (Lipinski definition) is 0. The third-order valence-corrected chi connectivity index (χ3v) is 3.53. The lowest BCUT2D eigenvalue weighted by atomic mass is 10.2. The van der Waals surface area contributed by atoms with Gasteiger partial charge < -0.3 is 13.8 Å². The Balaban J connectivity index is 1.58. The highest BCUT2D eigenvalue weighted by Crippen LogP contribution is 2.40. The molecule has 0 atom stereocenters. The fourth-order valence-electron chi connectivity index (χ4n) is 2.20. The molecule has 0 aromatic carbocycles. The van der Waals surface area contributed by atoms with Gasteiger partial charge in [-0.25, -0.2) is 0 Å². The summed E-state index contributed by atoms with van der Waals surface area (Å²) in [5.74, 6) is 2.77. The van der Waals surface area contributed by atoms with Gasteiger partial charge in [0, 0.05) is 25.6 Å². The van der Waals surface area contributed by atoms with Gasteiger partial charge in [0.05, 0.1) is 12.2 Å². The molecule has 2 aromatic heterocycles. The molecule has 3 rings (SSSR count). The zero-order chi connectivity index (χ0) is 14.7. The number of nitrogens with zero attached hydrogens (tertiary/aromatic N) is 4. The van der Waals surface area contributed by atoms with Crippen molar-refractivity contribution in [1.82, 2.24) is 20.2 Å². The minimum Gasteiger partial charge on any atom is -0.377 e. The van der Waals surface area contributed by atoms with Gasteiger partial charge in [0.1, 0.15) is 12.4 Å². The number of aromatic nitrogens is 3. The van der Waals surface area contributed by atoms with Crippen LogP contribution in [0.25, 0.3) is 0 Å². The Kier molecular flexibility index (Phi) is 4.31. The van der Waals surface area contributed by atoms with E-state index in [4.69, 9.17) is 13.8 Å². The van der Waals surface area contributed by atoms with Crippen LogP contribution in [-0.4, -0.2) is 33.9 Å². The van der Waals surface area contributed by atoms with E-state index in [-0.39, 0.29) is 0 Å². The lowest BCUT2D eigenvalue weighted by molar-refractivity contribution is 0.174. The quantitative estimate of drug-likeness (QED) is 0.737. The van der Waals surface area contributed by atoms with Crippen LogP contribution in [0.2, 0.25) is 0 Å². The SMILES string of the molecule is CCN(Cc1cc(C2CC2)on1)Cc1nc(COC)no1. The van der Waals surface area contributed by atoms with Crippen molar-refractivity contribution in [3.05, 3.63) is 29.2 Å². The predicted molar refractivity (Wildman–Crippen MR) is 73.3 cm³/mol. The maximum Gasteiger partial charge on any atom is 0.240 e. The third kappa shape index (κ3) is 3.68. The second kappa shape index (κ2) is 6.36. The first kappa shape index (κ1) is 14.2. The normalized spacial score (nSPS) is 15.0. The van der Waals surface area contributed by atoms with E-state index in [0.29, 0.717) is 37.3 Å². The van der Waals surface area contributed by atoms with Crippen LogP contribution in [0.5, 0.6) is 0 Å². The fraction of sp³-hybridized carbons (Fsp3) is 0.643. The fourth-order valence-corrected chi connectivity index (χ4v) is 2.20. The van der Waals surface area contributed by atoms with Gasteiger partial charge in [-0.15, -0.1) is 0 Å². The minimum absolute atomic E-state index is 0.365. The smallest absolute Gasteiger partial charge is 0.240 e. The topological polar surface area (TPSA) is 77.4 Å². The van der Waals surface area contributed by atoms with Crippen LogP contribution in [0.15, 0.2) is 15.1 Å². The first-order valence-corrected chi connectivity index (χ1v) is 7.26. The largest absolute Gasteiger partial charge is 0.377 e. The number of ether oxygens (including phenoxy) is 1. The molecule has 0 unspecified atom stereocenters. The highest BCUT2D eigenvalue weighted by atomic mass is 16.5. The Hall–Kier alpha value is -1.73. The van der Waals surface area contributed by atoms with Gasteiger partial charge in [-0.1, -0.05) is 17.2 Å². The van der Waals surface area contributed by atoms with Crippen LogP contribution >= 0.6 is 0 Å². The van der Waals surface area contributed by atoms with Gasteiger partial charge in [-0.05, 0) is 19.4 Å². The van der Waals surface area contributed by atoms with Gasteiger partial charge in [0.15, 0.2) is 5.82 Å². The van der Waals surface area contributed by atoms with Crippen LogP contribution in [0, 0.1) is 0 Å². The average molecular weight is 292 g/mol. The molecule has 1 fully saturated rings. The van der Waals surface area contributed by atoms with Crippen LogP contribution in [0.3, 0.4) is 0 Å². The molecule has 1 aliphatic rings. The van der Waals surface area contributed by atoms with Crippen molar-refractivity contribution in [3.63, 3.8) is 0 Å². The van der Waals surface area contributed by atoms with Crippen LogP contribution < -0.4 is 0 Å². The summed E-state index contributed by atoms with van der Waals surface area (Å²) in [6.07, 6.45) is 2.44. The summed E-state index contributed by atoms with van der Waals surface area (Å²) in [5.41, 5.74) is 0.954. The summed E-state index contributed by atoms with van der Waals surface area (Å²) >= 11 is 0.